The first-order valence-electron chi connectivity index (χ1n) is 7.39. The standard InChI is InChI=1S/C16H24N2O3/c1-14-5-3-4-6-15(14)21-13-16(19)17(2)7-8-18-9-11-20-12-10-18/h3-6H,7-13H2,1-2H3. The van der Waals surface area contributed by atoms with Gasteiger partial charge in [0, 0.05) is 33.2 Å². The van der Waals surface area contributed by atoms with Crippen LogP contribution in [0.2, 0.25) is 0 Å². The first kappa shape index (κ1) is 15.8. The lowest BCUT2D eigenvalue weighted by Crippen LogP contribution is -2.42. The molecule has 0 unspecified atom stereocenters. The van der Waals surface area contributed by atoms with Crippen molar-refractivity contribution in [1.29, 1.82) is 0 Å². The van der Waals surface area contributed by atoms with Gasteiger partial charge in [0.15, 0.2) is 6.61 Å². The van der Waals surface area contributed by atoms with E-state index in [0.29, 0.717) is 0 Å². The Kier molecular flexibility index (Phi) is 6.02. The van der Waals surface area contributed by atoms with Crippen molar-refractivity contribution in [3.8, 4) is 5.75 Å². The second kappa shape index (κ2) is 8.00. The summed E-state index contributed by atoms with van der Waals surface area (Å²) in [5.41, 5.74) is 1.04. The number of benzene rings is 1. The smallest absolute Gasteiger partial charge is 0.260 e. The predicted molar refractivity (Wildman–Crippen MR) is 81.6 cm³/mol. The van der Waals surface area contributed by atoms with Gasteiger partial charge in [-0.2, -0.15) is 0 Å². The highest BCUT2D eigenvalue weighted by Crippen LogP contribution is 2.15. The molecule has 5 nitrogen and oxygen atoms in total. The number of para-hydroxylation sites is 1. The average molecular weight is 292 g/mol. The van der Waals surface area contributed by atoms with Gasteiger partial charge >= 0.3 is 0 Å². The Morgan fingerprint density at radius 2 is 2.05 bits per heavy atom. The summed E-state index contributed by atoms with van der Waals surface area (Å²) in [5, 5.41) is 0. The molecule has 0 atom stereocenters. The van der Waals surface area contributed by atoms with Crippen molar-refractivity contribution in [1.82, 2.24) is 9.80 Å². The third-order valence-corrected chi connectivity index (χ3v) is 3.73. The van der Waals surface area contributed by atoms with Crippen molar-refractivity contribution in [3.05, 3.63) is 29.8 Å². The Bertz CT molecular complexity index is 459. The van der Waals surface area contributed by atoms with Gasteiger partial charge in [-0.05, 0) is 18.6 Å². The van der Waals surface area contributed by atoms with Crippen LogP contribution in [0.25, 0.3) is 0 Å². The SMILES string of the molecule is Cc1ccccc1OCC(=O)N(C)CCN1CCOCC1. The number of hydrogen-bond acceptors (Lipinski definition) is 4. The fourth-order valence-electron chi connectivity index (χ4n) is 2.21. The van der Waals surface area contributed by atoms with Gasteiger partial charge in [0.1, 0.15) is 5.75 Å². The lowest BCUT2D eigenvalue weighted by Gasteiger charge is -2.28. The molecule has 5 heteroatoms. The number of rotatable bonds is 6. The molecule has 0 saturated carbocycles. The minimum atomic E-state index is 0.00603. The first-order chi connectivity index (χ1) is 10.2. The molecule has 0 aromatic heterocycles. The molecule has 1 aromatic carbocycles. The molecule has 1 amide bonds. The highest BCUT2D eigenvalue weighted by molar-refractivity contribution is 5.77. The minimum absolute atomic E-state index is 0.00603. The van der Waals surface area contributed by atoms with Crippen LogP contribution >= 0.6 is 0 Å². The summed E-state index contributed by atoms with van der Waals surface area (Å²) in [6.07, 6.45) is 0. The Hall–Kier alpha value is -1.59. The summed E-state index contributed by atoms with van der Waals surface area (Å²) in [5.74, 6) is 0.777. The Morgan fingerprint density at radius 1 is 1.33 bits per heavy atom. The van der Waals surface area contributed by atoms with E-state index in [4.69, 9.17) is 9.47 Å². The molecule has 1 aromatic rings. The van der Waals surface area contributed by atoms with E-state index in [2.05, 4.69) is 4.90 Å². The van der Waals surface area contributed by atoms with E-state index in [-0.39, 0.29) is 12.5 Å². The van der Waals surface area contributed by atoms with E-state index in [0.717, 1.165) is 50.7 Å². The molecule has 21 heavy (non-hydrogen) atoms. The van der Waals surface area contributed by atoms with Crippen LogP contribution in [0, 0.1) is 6.92 Å². The molecule has 116 valence electrons. The number of aryl methyl sites for hydroxylation is 1. The van der Waals surface area contributed by atoms with Crippen LogP contribution in [0.5, 0.6) is 5.75 Å². The second-order valence-corrected chi connectivity index (χ2v) is 5.32. The minimum Gasteiger partial charge on any atom is -0.484 e. The lowest BCUT2D eigenvalue weighted by molar-refractivity contribution is -0.132. The molecule has 0 aliphatic carbocycles. The zero-order chi connectivity index (χ0) is 15.1. The van der Waals surface area contributed by atoms with Crippen molar-refractivity contribution < 1.29 is 14.3 Å². The van der Waals surface area contributed by atoms with Crippen LogP contribution in [0.4, 0.5) is 0 Å². The zero-order valence-corrected chi connectivity index (χ0v) is 12.9. The Labute approximate surface area is 126 Å². The summed E-state index contributed by atoms with van der Waals surface area (Å²) in [4.78, 5) is 16.1. The highest BCUT2D eigenvalue weighted by Gasteiger charge is 2.14. The summed E-state index contributed by atoms with van der Waals surface area (Å²) in [6.45, 7) is 7.13. The third-order valence-electron chi connectivity index (χ3n) is 3.73. The van der Waals surface area contributed by atoms with Crippen LogP contribution in [-0.4, -0.2) is 68.8 Å². The fraction of sp³-hybridized carbons (Fsp3) is 0.562. The predicted octanol–water partition coefficient (Wildman–Crippen LogP) is 1.16. The molecule has 0 bridgehead atoms. The molecule has 1 fully saturated rings. The van der Waals surface area contributed by atoms with Gasteiger partial charge in [-0.15, -0.1) is 0 Å². The molecule has 1 heterocycles. The number of morpholine rings is 1. The maximum absolute atomic E-state index is 12.1. The van der Waals surface area contributed by atoms with Gasteiger partial charge in [-0.25, -0.2) is 0 Å². The van der Waals surface area contributed by atoms with E-state index in [9.17, 15) is 4.79 Å². The monoisotopic (exact) mass is 292 g/mol. The normalized spacial score (nSPS) is 15.7. The third kappa shape index (κ3) is 5.02. The van der Waals surface area contributed by atoms with Crippen LogP contribution in [-0.2, 0) is 9.53 Å². The van der Waals surface area contributed by atoms with Gasteiger partial charge in [-0.1, -0.05) is 18.2 Å². The summed E-state index contributed by atoms with van der Waals surface area (Å²) in [6, 6.07) is 7.73. The van der Waals surface area contributed by atoms with Gasteiger partial charge in [0.05, 0.1) is 13.2 Å². The summed E-state index contributed by atoms with van der Waals surface area (Å²) < 4.78 is 10.9. The van der Waals surface area contributed by atoms with Crippen molar-refractivity contribution in [2.75, 3.05) is 53.0 Å². The van der Waals surface area contributed by atoms with Crippen LogP contribution in [0.1, 0.15) is 5.56 Å². The van der Waals surface area contributed by atoms with Crippen molar-refractivity contribution in [2.45, 2.75) is 6.92 Å². The number of nitrogens with zero attached hydrogens (tertiary/aromatic N) is 2. The van der Waals surface area contributed by atoms with E-state index in [1.807, 2.05) is 38.2 Å². The fourth-order valence-corrected chi connectivity index (χ4v) is 2.21. The maximum atomic E-state index is 12.1. The average Bonchev–Trinajstić information content (AvgIpc) is 2.52. The summed E-state index contributed by atoms with van der Waals surface area (Å²) in [7, 11) is 1.82. The molecule has 1 aliphatic heterocycles. The molecule has 0 N–H and O–H groups in total. The quantitative estimate of drug-likeness (QED) is 0.789. The van der Waals surface area contributed by atoms with Crippen molar-refractivity contribution >= 4 is 5.91 Å². The zero-order valence-electron chi connectivity index (χ0n) is 12.9. The topological polar surface area (TPSA) is 42.0 Å². The van der Waals surface area contributed by atoms with E-state index < -0.39 is 0 Å². The number of hydrogen-bond donors (Lipinski definition) is 0. The molecular formula is C16H24N2O3. The Balaban J connectivity index is 1.71. The number of ether oxygens (including phenoxy) is 2. The van der Waals surface area contributed by atoms with E-state index >= 15 is 0 Å². The highest BCUT2D eigenvalue weighted by atomic mass is 16.5. The maximum Gasteiger partial charge on any atom is 0.260 e. The number of carbonyl (C=O) groups is 1. The second-order valence-electron chi connectivity index (χ2n) is 5.32. The van der Waals surface area contributed by atoms with E-state index in [1.54, 1.807) is 4.90 Å². The van der Waals surface area contributed by atoms with Gasteiger partial charge in [0.2, 0.25) is 0 Å². The lowest BCUT2D eigenvalue weighted by atomic mass is 10.2. The van der Waals surface area contributed by atoms with Crippen LogP contribution < -0.4 is 4.74 Å². The Morgan fingerprint density at radius 3 is 2.76 bits per heavy atom. The van der Waals surface area contributed by atoms with Gasteiger partial charge in [0.25, 0.3) is 5.91 Å². The van der Waals surface area contributed by atoms with Crippen molar-refractivity contribution in [2.24, 2.45) is 0 Å². The largest absolute Gasteiger partial charge is 0.484 e. The molecule has 2 rings (SSSR count). The van der Waals surface area contributed by atoms with Crippen LogP contribution in [0.15, 0.2) is 24.3 Å². The van der Waals surface area contributed by atoms with Gasteiger partial charge in [-0.3, -0.25) is 9.69 Å². The number of carbonyl (C=O) groups excluding carboxylic acids is 1. The summed E-state index contributed by atoms with van der Waals surface area (Å²) >= 11 is 0. The number of likely N-dealkylation sites (N-methyl/N-ethyl adjacent to an activating group) is 1. The number of amides is 1. The molecule has 0 radical (unpaired) electrons. The van der Waals surface area contributed by atoms with E-state index in [1.165, 1.54) is 0 Å². The molecule has 1 saturated heterocycles. The van der Waals surface area contributed by atoms with Gasteiger partial charge < -0.3 is 14.4 Å². The molecule has 0 spiro atoms. The van der Waals surface area contributed by atoms with Crippen molar-refractivity contribution in [3.63, 3.8) is 0 Å². The van der Waals surface area contributed by atoms with Crippen LogP contribution in [0.3, 0.4) is 0 Å². The first-order valence-corrected chi connectivity index (χ1v) is 7.39. The molecule has 1 aliphatic rings. The molecular weight excluding hydrogens is 268 g/mol.